The number of nitrogens with one attached hydrogen (secondary N) is 1. The van der Waals surface area contributed by atoms with Crippen LogP contribution in [0.4, 0.5) is 8.78 Å². The van der Waals surface area contributed by atoms with Crippen molar-refractivity contribution in [3.63, 3.8) is 0 Å². The van der Waals surface area contributed by atoms with Crippen molar-refractivity contribution in [1.29, 1.82) is 0 Å². The molecule has 0 saturated heterocycles. The SMILES string of the molecule is COCCCNC(C)c1cc(F)cc(F)c1. The molecule has 0 aliphatic heterocycles. The number of benzene rings is 1. The minimum atomic E-state index is -0.541. The molecule has 1 aromatic carbocycles. The predicted molar refractivity (Wildman–Crippen MR) is 59.3 cm³/mol. The number of halogens is 2. The predicted octanol–water partition coefficient (Wildman–Crippen LogP) is 2.65. The third kappa shape index (κ3) is 4.24. The number of hydrogen-bond donors (Lipinski definition) is 1. The van der Waals surface area contributed by atoms with Crippen LogP contribution in [0.1, 0.15) is 24.9 Å². The second-order valence-corrected chi connectivity index (χ2v) is 3.72. The fourth-order valence-corrected chi connectivity index (χ4v) is 1.48. The molecule has 0 aliphatic rings. The van der Waals surface area contributed by atoms with Crippen LogP contribution < -0.4 is 5.32 Å². The van der Waals surface area contributed by atoms with E-state index in [4.69, 9.17) is 4.74 Å². The first-order chi connectivity index (χ1) is 7.63. The standard InChI is InChI=1S/C12H17F2NO/c1-9(15-4-3-5-16-2)10-6-11(13)8-12(14)7-10/h6-9,15H,3-5H2,1-2H3. The lowest BCUT2D eigenvalue weighted by atomic mass is 10.1. The van der Waals surface area contributed by atoms with Gasteiger partial charge in [0.05, 0.1) is 0 Å². The van der Waals surface area contributed by atoms with Crippen LogP contribution in [0.5, 0.6) is 0 Å². The maximum Gasteiger partial charge on any atom is 0.126 e. The normalized spacial score (nSPS) is 12.8. The number of ether oxygens (including phenoxy) is 1. The molecule has 0 aliphatic carbocycles. The van der Waals surface area contributed by atoms with Gasteiger partial charge in [-0.1, -0.05) is 0 Å². The van der Waals surface area contributed by atoms with Gasteiger partial charge in [-0.3, -0.25) is 0 Å². The van der Waals surface area contributed by atoms with E-state index in [-0.39, 0.29) is 6.04 Å². The van der Waals surface area contributed by atoms with Crippen molar-refractivity contribution in [2.45, 2.75) is 19.4 Å². The quantitative estimate of drug-likeness (QED) is 0.757. The van der Waals surface area contributed by atoms with Crippen LogP contribution in [-0.2, 0) is 4.74 Å². The van der Waals surface area contributed by atoms with Crippen molar-refractivity contribution in [1.82, 2.24) is 5.32 Å². The van der Waals surface area contributed by atoms with Crippen molar-refractivity contribution < 1.29 is 13.5 Å². The van der Waals surface area contributed by atoms with Crippen molar-refractivity contribution in [3.05, 3.63) is 35.4 Å². The minimum absolute atomic E-state index is 0.0675. The molecule has 0 saturated carbocycles. The lowest BCUT2D eigenvalue weighted by molar-refractivity contribution is 0.193. The van der Waals surface area contributed by atoms with Crippen molar-refractivity contribution in [2.24, 2.45) is 0 Å². The van der Waals surface area contributed by atoms with Gasteiger partial charge in [-0.15, -0.1) is 0 Å². The summed E-state index contributed by atoms with van der Waals surface area (Å²) >= 11 is 0. The fourth-order valence-electron chi connectivity index (χ4n) is 1.48. The topological polar surface area (TPSA) is 21.3 Å². The van der Waals surface area contributed by atoms with Gasteiger partial charge in [-0.2, -0.15) is 0 Å². The fraction of sp³-hybridized carbons (Fsp3) is 0.500. The zero-order valence-electron chi connectivity index (χ0n) is 9.59. The zero-order valence-corrected chi connectivity index (χ0v) is 9.59. The van der Waals surface area contributed by atoms with Crippen LogP contribution in [0, 0.1) is 11.6 Å². The second-order valence-electron chi connectivity index (χ2n) is 3.72. The Morgan fingerprint density at radius 3 is 2.44 bits per heavy atom. The van der Waals surface area contributed by atoms with Gasteiger partial charge in [0.2, 0.25) is 0 Å². The Balaban J connectivity index is 2.48. The van der Waals surface area contributed by atoms with Crippen LogP contribution in [0.2, 0.25) is 0 Å². The molecule has 0 radical (unpaired) electrons. The molecule has 4 heteroatoms. The van der Waals surface area contributed by atoms with Gasteiger partial charge in [-0.25, -0.2) is 8.78 Å². The number of hydrogen-bond acceptors (Lipinski definition) is 2. The molecule has 0 aromatic heterocycles. The highest BCUT2D eigenvalue weighted by atomic mass is 19.1. The van der Waals surface area contributed by atoms with Crippen molar-refractivity contribution in [3.8, 4) is 0 Å². The molecule has 0 amide bonds. The van der Waals surface area contributed by atoms with Gasteiger partial charge in [0.25, 0.3) is 0 Å². The monoisotopic (exact) mass is 229 g/mol. The van der Waals surface area contributed by atoms with Gasteiger partial charge in [-0.05, 0) is 37.6 Å². The summed E-state index contributed by atoms with van der Waals surface area (Å²) in [7, 11) is 1.64. The summed E-state index contributed by atoms with van der Waals surface area (Å²) in [5.41, 5.74) is 0.620. The van der Waals surface area contributed by atoms with E-state index < -0.39 is 11.6 Å². The van der Waals surface area contributed by atoms with Gasteiger partial charge >= 0.3 is 0 Å². The van der Waals surface area contributed by atoms with Crippen molar-refractivity contribution in [2.75, 3.05) is 20.3 Å². The highest BCUT2D eigenvalue weighted by molar-refractivity contribution is 5.20. The van der Waals surface area contributed by atoms with E-state index in [2.05, 4.69) is 5.32 Å². The summed E-state index contributed by atoms with van der Waals surface area (Å²) in [6.45, 7) is 3.31. The van der Waals surface area contributed by atoms with E-state index in [1.165, 1.54) is 12.1 Å². The van der Waals surface area contributed by atoms with Gasteiger partial charge < -0.3 is 10.1 Å². The Labute approximate surface area is 94.6 Å². The van der Waals surface area contributed by atoms with E-state index in [1.807, 2.05) is 6.92 Å². The molecule has 1 unspecified atom stereocenters. The summed E-state index contributed by atoms with van der Waals surface area (Å²) in [4.78, 5) is 0. The van der Waals surface area contributed by atoms with E-state index in [0.29, 0.717) is 12.2 Å². The van der Waals surface area contributed by atoms with Gasteiger partial charge in [0.1, 0.15) is 11.6 Å². The van der Waals surface area contributed by atoms with Crippen molar-refractivity contribution >= 4 is 0 Å². The molecule has 0 fully saturated rings. The molecule has 2 nitrogen and oxygen atoms in total. The average molecular weight is 229 g/mol. The maximum absolute atomic E-state index is 12.9. The molecular formula is C12H17F2NO. The smallest absolute Gasteiger partial charge is 0.126 e. The lowest BCUT2D eigenvalue weighted by Gasteiger charge is -2.14. The van der Waals surface area contributed by atoms with Crippen LogP contribution in [-0.4, -0.2) is 20.3 Å². The Bertz CT molecular complexity index is 311. The number of rotatable bonds is 6. The summed E-state index contributed by atoms with van der Waals surface area (Å²) in [5, 5.41) is 3.17. The molecule has 0 spiro atoms. The maximum atomic E-state index is 12.9. The van der Waals surface area contributed by atoms with E-state index in [0.717, 1.165) is 19.0 Å². The van der Waals surface area contributed by atoms with Crippen LogP contribution >= 0.6 is 0 Å². The van der Waals surface area contributed by atoms with E-state index in [1.54, 1.807) is 7.11 Å². The molecule has 0 heterocycles. The summed E-state index contributed by atoms with van der Waals surface area (Å²) in [5.74, 6) is -1.08. The Kier molecular flexibility index (Phi) is 5.35. The Hall–Kier alpha value is -1.00. The van der Waals surface area contributed by atoms with Gasteiger partial charge in [0.15, 0.2) is 0 Å². The molecule has 90 valence electrons. The summed E-state index contributed by atoms with van der Waals surface area (Å²) < 4.78 is 30.8. The second kappa shape index (κ2) is 6.55. The molecule has 1 atom stereocenters. The summed E-state index contributed by atoms with van der Waals surface area (Å²) in [6, 6.07) is 3.50. The third-order valence-corrected chi connectivity index (χ3v) is 2.36. The molecule has 1 aromatic rings. The minimum Gasteiger partial charge on any atom is -0.385 e. The van der Waals surface area contributed by atoms with Crippen LogP contribution in [0.15, 0.2) is 18.2 Å². The Morgan fingerprint density at radius 2 is 1.88 bits per heavy atom. The van der Waals surface area contributed by atoms with E-state index >= 15 is 0 Å². The van der Waals surface area contributed by atoms with Gasteiger partial charge in [0, 0.05) is 25.8 Å². The van der Waals surface area contributed by atoms with Crippen LogP contribution in [0.3, 0.4) is 0 Å². The molecule has 16 heavy (non-hydrogen) atoms. The average Bonchev–Trinajstić information content (AvgIpc) is 2.22. The Morgan fingerprint density at radius 1 is 1.25 bits per heavy atom. The summed E-state index contributed by atoms with van der Waals surface area (Å²) in [6.07, 6.45) is 0.874. The number of methoxy groups -OCH3 is 1. The third-order valence-electron chi connectivity index (χ3n) is 2.36. The van der Waals surface area contributed by atoms with E-state index in [9.17, 15) is 8.78 Å². The highest BCUT2D eigenvalue weighted by Gasteiger charge is 2.07. The molecule has 1 N–H and O–H groups in total. The first-order valence-electron chi connectivity index (χ1n) is 5.32. The largest absolute Gasteiger partial charge is 0.385 e. The first kappa shape index (κ1) is 13.1. The highest BCUT2D eigenvalue weighted by Crippen LogP contribution is 2.15. The molecule has 1 rings (SSSR count). The van der Waals surface area contributed by atoms with Crippen LogP contribution in [0.25, 0.3) is 0 Å². The first-order valence-corrected chi connectivity index (χ1v) is 5.32. The zero-order chi connectivity index (χ0) is 12.0. The molecular weight excluding hydrogens is 212 g/mol. The lowest BCUT2D eigenvalue weighted by Crippen LogP contribution is -2.21. The molecule has 0 bridgehead atoms.